The summed E-state index contributed by atoms with van der Waals surface area (Å²) in [6, 6.07) is 0. The molecule has 1 aliphatic heterocycles. The first-order valence-corrected chi connectivity index (χ1v) is 8.00. The first-order valence-electron chi connectivity index (χ1n) is 6.15. The maximum atomic E-state index is 11.4. The van der Waals surface area contributed by atoms with Crippen molar-refractivity contribution in [3.63, 3.8) is 0 Å². The monoisotopic (exact) mass is 317 g/mol. The summed E-state index contributed by atoms with van der Waals surface area (Å²) in [6.07, 6.45) is 2.73. The molecule has 0 bridgehead atoms. The molecule has 1 aromatic rings. The Morgan fingerprint density at radius 3 is 2.57 bits per heavy atom. The Morgan fingerprint density at radius 1 is 1.43 bits per heavy atom. The first-order chi connectivity index (χ1) is 9.79. The van der Waals surface area contributed by atoms with Crippen LogP contribution in [0.3, 0.4) is 0 Å². The molecule has 0 amide bonds. The second-order valence-corrected chi connectivity index (χ2v) is 6.63. The number of nitrogen functional groups attached to an aromatic ring is 1. The minimum Gasteiger partial charge on any atom is -0.469 e. The van der Waals surface area contributed by atoms with Gasteiger partial charge in [-0.3, -0.25) is 10.1 Å². The minimum absolute atomic E-state index is 0.190. The summed E-state index contributed by atoms with van der Waals surface area (Å²) in [7, 11) is -3.23. The van der Waals surface area contributed by atoms with Gasteiger partial charge in [0.05, 0.1) is 11.2 Å². The number of ether oxygens (including phenoxy) is 1. The van der Waals surface area contributed by atoms with Gasteiger partial charge in [0.2, 0.25) is 15.8 Å². The smallest absolute Gasteiger partial charge is 0.372 e. The molecular weight excluding hydrogens is 302 g/mol. The highest BCUT2D eigenvalue weighted by Gasteiger charge is 2.29. The van der Waals surface area contributed by atoms with Gasteiger partial charge in [-0.2, -0.15) is 4.98 Å². The van der Waals surface area contributed by atoms with Crippen molar-refractivity contribution in [3.8, 4) is 5.88 Å². The van der Waals surface area contributed by atoms with E-state index in [0.717, 1.165) is 12.6 Å². The molecule has 21 heavy (non-hydrogen) atoms. The Hall–Kier alpha value is -2.01. The van der Waals surface area contributed by atoms with Gasteiger partial charge in [-0.1, -0.05) is 0 Å². The Labute approximate surface area is 121 Å². The summed E-state index contributed by atoms with van der Waals surface area (Å²) in [5, 5.41) is 10.9. The van der Waals surface area contributed by atoms with Gasteiger partial charge in [-0.15, -0.1) is 0 Å². The largest absolute Gasteiger partial charge is 0.469 e. The maximum absolute atomic E-state index is 11.4. The highest BCUT2D eigenvalue weighted by molar-refractivity contribution is 7.88. The average Bonchev–Trinajstić information content (AvgIpc) is 2.38. The Morgan fingerprint density at radius 2 is 2.05 bits per heavy atom. The number of aromatic nitrogens is 2. The minimum atomic E-state index is -3.23. The van der Waals surface area contributed by atoms with Crippen molar-refractivity contribution in [2.24, 2.45) is 0 Å². The van der Waals surface area contributed by atoms with Gasteiger partial charge in [-0.25, -0.2) is 17.7 Å². The van der Waals surface area contributed by atoms with Gasteiger partial charge in [0.1, 0.15) is 12.4 Å². The molecule has 2 rings (SSSR count). The number of piperidine rings is 1. The van der Waals surface area contributed by atoms with Crippen molar-refractivity contribution in [3.05, 3.63) is 16.4 Å². The van der Waals surface area contributed by atoms with Crippen LogP contribution in [0.4, 0.5) is 11.5 Å². The second-order valence-electron chi connectivity index (χ2n) is 4.65. The predicted molar refractivity (Wildman–Crippen MR) is 73.2 cm³/mol. The van der Waals surface area contributed by atoms with Gasteiger partial charge in [0.15, 0.2) is 0 Å². The summed E-state index contributed by atoms with van der Waals surface area (Å²) < 4.78 is 29.6. The fraction of sp³-hybridized carbons (Fsp3) is 0.600. The number of anilines is 1. The van der Waals surface area contributed by atoms with Crippen LogP contribution < -0.4 is 10.5 Å². The summed E-state index contributed by atoms with van der Waals surface area (Å²) in [5.74, 6) is -0.455. The number of nitro groups is 1. The van der Waals surface area contributed by atoms with Crippen molar-refractivity contribution in [1.82, 2.24) is 14.3 Å². The summed E-state index contributed by atoms with van der Waals surface area (Å²) in [6.45, 7) is 0.607. The fourth-order valence-corrected chi connectivity index (χ4v) is 2.95. The van der Waals surface area contributed by atoms with E-state index in [1.807, 2.05) is 0 Å². The molecule has 0 aliphatic carbocycles. The van der Waals surface area contributed by atoms with Crippen LogP contribution in [0.5, 0.6) is 5.88 Å². The third-order valence-corrected chi connectivity index (χ3v) is 4.45. The van der Waals surface area contributed by atoms with Crippen molar-refractivity contribution in [2.45, 2.75) is 18.9 Å². The SMILES string of the molecule is CS(=O)(=O)N1CCC(Oc2ncnc(N)c2[N+](=O)[O-])CC1. The zero-order chi connectivity index (χ0) is 15.6. The number of rotatable bonds is 4. The van der Waals surface area contributed by atoms with Gasteiger partial charge < -0.3 is 10.5 Å². The second kappa shape index (κ2) is 5.77. The molecule has 10 nitrogen and oxygen atoms in total. The van der Waals surface area contributed by atoms with E-state index in [-0.39, 0.29) is 17.8 Å². The number of hydrogen-bond donors (Lipinski definition) is 1. The molecule has 0 atom stereocenters. The normalized spacial score (nSPS) is 17.6. The van der Waals surface area contributed by atoms with Crippen molar-refractivity contribution >= 4 is 21.5 Å². The molecule has 1 aromatic heterocycles. The molecule has 1 aliphatic rings. The van der Waals surface area contributed by atoms with E-state index in [2.05, 4.69) is 9.97 Å². The molecule has 0 aromatic carbocycles. The number of sulfonamides is 1. The zero-order valence-corrected chi connectivity index (χ0v) is 12.1. The zero-order valence-electron chi connectivity index (χ0n) is 11.3. The van der Waals surface area contributed by atoms with E-state index in [4.69, 9.17) is 10.5 Å². The number of nitrogens with zero attached hydrogens (tertiary/aromatic N) is 4. The van der Waals surface area contributed by atoms with Gasteiger partial charge in [0.25, 0.3) is 5.88 Å². The summed E-state index contributed by atoms with van der Waals surface area (Å²) >= 11 is 0. The molecule has 0 radical (unpaired) electrons. The first kappa shape index (κ1) is 15.4. The number of nitrogens with two attached hydrogens (primary N) is 1. The molecule has 11 heteroatoms. The molecule has 0 saturated carbocycles. The molecular formula is C10H15N5O5S. The van der Waals surface area contributed by atoms with E-state index in [9.17, 15) is 18.5 Å². The lowest BCUT2D eigenvalue weighted by molar-refractivity contribution is -0.385. The molecule has 2 heterocycles. The Kier molecular flexibility index (Phi) is 4.23. The van der Waals surface area contributed by atoms with E-state index in [1.54, 1.807) is 0 Å². The van der Waals surface area contributed by atoms with E-state index >= 15 is 0 Å². The number of hydrogen-bond acceptors (Lipinski definition) is 8. The summed E-state index contributed by atoms with van der Waals surface area (Å²) in [5.41, 5.74) is 4.98. The third-order valence-electron chi connectivity index (χ3n) is 3.15. The van der Waals surface area contributed by atoms with Crippen molar-refractivity contribution in [2.75, 3.05) is 25.1 Å². The Balaban J connectivity index is 2.08. The molecule has 1 fully saturated rings. The highest BCUT2D eigenvalue weighted by Crippen LogP contribution is 2.30. The van der Waals surface area contributed by atoms with Crippen molar-refractivity contribution < 1.29 is 18.1 Å². The van der Waals surface area contributed by atoms with E-state index < -0.39 is 20.6 Å². The van der Waals surface area contributed by atoms with Crippen LogP contribution in [0, 0.1) is 10.1 Å². The summed E-state index contributed by atoms with van der Waals surface area (Å²) in [4.78, 5) is 17.5. The van der Waals surface area contributed by atoms with Crippen LogP contribution in [0.25, 0.3) is 0 Å². The fourth-order valence-electron chi connectivity index (χ4n) is 2.07. The van der Waals surface area contributed by atoms with Crippen LogP contribution in [0.1, 0.15) is 12.8 Å². The lowest BCUT2D eigenvalue weighted by atomic mass is 10.1. The van der Waals surface area contributed by atoms with Gasteiger partial charge >= 0.3 is 5.69 Å². The van der Waals surface area contributed by atoms with E-state index in [0.29, 0.717) is 25.9 Å². The molecule has 2 N–H and O–H groups in total. The van der Waals surface area contributed by atoms with Crippen LogP contribution >= 0.6 is 0 Å². The Bertz CT molecular complexity index is 641. The standard InChI is InChI=1S/C10H15N5O5S/c1-21(18,19)14-4-2-7(3-5-14)20-10-8(15(16)17)9(11)12-6-13-10/h6-7H,2-5H2,1H3,(H2,11,12,13). The van der Waals surface area contributed by atoms with Crippen LogP contribution in [-0.4, -0.2) is 53.1 Å². The van der Waals surface area contributed by atoms with Crippen LogP contribution in [-0.2, 0) is 10.0 Å². The topological polar surface area (TPSA) is 142 Å². The maximum Gasteiger partial charge on any atom is 0.372 e. The van der Waals surface area contributed by atoms with Crippen LogP contribution in [0.2, 0.25) is 0 Å². The lowest BCUT2D eigenvalue weighted by Crippen LogP contribution is -2.41. The highest BCUT2D eigenvalue weighted by atomic mass is 32.2. The van der Waals surface area contributed by atoms with Crippen LogP contribution in [0.15, 0.2) is 6.33 Å². The van der Waals surface area contributed by atoms with Gasteiger partial charge in [-0.05, 0) is 12.8 Å². The molecule has 0 spiro atoms. The predicted octanol–water partition coefficient (Wildman–Crippen LogP) is -0.230. The molecule has 0 unspecified atom stereocenters. The van der Waals surface area contributed by atoms with E-state index in [1.165, 1.54) is 4.31 Å². The lowest BCUT2D eigenvalue weighted by Gasteiger charge is -2.29. The van der Waals surface area contributed by atoms with Crippen molar-refractivity contribution in [1.29, 1.82) is 0 Å². The molecule has 116 valence electrons. The average molecular weight is 317 g/mol. The quantitative estimate of drug-likeness (QED) is 0.592. The molecule has 1 saturated heterocycles. The third kappa shape index (κ3) is 3.55. The van der Waals surface area contributed by atoms with Gasteiger partial charge in [0, 0.05) is 13.1 Å².